The van der Waals surface area contributed by atoms with E-state index in [1.54, 1.807) is 0 Å². The molecule has 1 aliphatic rings. The lowest BCUT2D eigenvalue weighted by Gasteiger charge is -2.17. The molecule has 0 bridgehead atoms. The summed E-state index contributed by atoms with van der Waals surface area (Å²) in [5, 5.41) is 2.34. The molecule has 2 nitrogen and oxygen atoms in total. The van der Waals surface area contributed by atoms with Crippen LogP contribution in [0.25, 0.3) is 0 Å². The lowest BCUT2D eigenvalue weighted by molar-refractivity contribution is -0.660. The van der Waals surface area contributed by atoms with Crippen LogP contribution < -0.4 is 24.0 Å². The fourth-order valence-corrected chi connectivity index (χ4v) is 3.19. The van der Waals surface area contributed by atoms with Crippen LogP contribution >= 0.6 is 0 Å². The maximum absolute atomic E-state index is 2.34. The predicted octanol–water partition coefficient (Wildman–Crippen LogP) is 0.731. The van der Waals surface area contributed by atoms with Gasteiger partial charge >= 0.3 is 0 Å². The third-order valence-corrected chi connectivity index (χ3v) is 4.48. The molecule has 116 valence electrons. The van der Waals surface area contributed by atoms with Crippen LogP contribution in [0.1, 0.15) is 34.7 Å². The largest absolute Gasteiger partial charge is 1.00 e. The van der Waals surface area contributed by atoms with Gasteiger partial charge in [0.15, 0.2) is 7.05 Å². The second kappa shape index (κ2) is 6.82. The molecule has 2 aromatic carbocycles. The van der Waals surface area contributed by atoms with E-state index in [2.05, 4.69) is 86.2 Å². The zero-order valence-electron chi connectivity index (χ0n) is 13.7. The maximum atomic E-state index is 2.34. The highest BCUT2D eigenvalue weighted by atomic mass is 127. The molecule has 1 unspecified atom stereocenters. The molecule has 1 heterocycles. The molecule has 0 spiro atoms. The quantitative estimate of drug-likeness (QED) is 0.527. The Hall–Kier alpha value is -1.36. The molecular weight excluding hydrogens is 383 g/mol. The Morgan fingerprint density at radius 1 is 1.00 bits per heavy atom. The standard InChI is InChI=1S/C19H23N2.HI/c1-14-7-5-9-16(11-14)18-13-19(21(4)20(18)3)17-10-6-8-15(2)12-17;/h5-12,18H,13H2,1-4H3;1H/q+1;/p-1. The number of nitrogens with zero attached hydrogens (tertiary/aromatic N) is 2. The third-order valence-electron chi connectivity index (χ3n) is 4.48. The van der Waals surface area contributed by atoms with Crippen molar-refractivity contribution in [2.45, 2.75) is 26.3 Å². The van der Waals surface area contributed by atoms with E-state index in [0.29, 0.717) is 6.04 Å². The Labute approximate surface area is 150 Å². The molecule has 0 saturated heterocycles. The van der Waals surface area contributed by atoms with Crippen molar-refractivity contribution >= 4 is 5.71 Å². The van der Waals surface area contributed by atoms with E-state index in [-0.39, 0.29) is 24.0 Å². The summed E-state index contributed by atoms with van der Waals surface area (Å²) in [5.74, 6) is 0. The molecular formula is C19H23IN2. The first-order valence-electron chi connectivity index (χ1n) is 7.52. The van der Waals surface area contributed by atoms with E-state index < -0.39 is 0 Å². The first-order valence-corrected chi connectivity index (χ1v) is 7.52. The Bertz CT molecular complexity index is 706. The molecule has 1 aliphatic heterocycles. The van der Waals surface area contributed by atoms with Crippen LogP contribution in [0.5, 0.6) is 0 Å². The van der Waals surface area contributed by atoms with Gasteiger partial charge in [0.2, 0.25) is 5.71 Å². The first kappa shape index (κ1) is 17.0. The molecule has 0 N–H and O–H groups in total. The Kier molecular flexibility index (Phi) is 5.27. The van der Waals surface area contributed by atoms with Crippen LogP contribution in [0.15, 0.2) is 48.5 Å². The van der Waals surface area contributed by atoms with Crippen molar-refractivity contribution in [1.29, 1.82) is 0 Å². The summed E-state index contributed by atoms with van der Waals surface area (Å²) in [6.45, 7) is 4.31. The van der Waals surface area contributed by atoms with E-state index in [9.17, 15) is 0 Å². The van der Waals surface area contributed by atoms with Gasteiger partial charge in [0.25, 0.3) is 0 Å². The highest BCUT2D eigenvalue weighted by molar-refractivity contribution is 5.98. The van der Waals surface area contributed by atoms with Crippen molar-refractivity contribution < 1.29 is 28.7 Å². The van der Waals surface area contributed by atoms with Gasteiger partial charge in [0.1, 0.15) is 6.04 Å². The summed E-state index contributed by atoms with van der Waals surface area (Å²) in [6.07, 6.45) is 1.06. The van der Waals surface area contributed by atoms with Crippen LogP contribution in [0.3, 0.4) is 0 Å². The Balaban J connectivity index is 0.00000176. The molecule has 0 radical (unpaired) electrons. The molecule has 0 aliphatic carbocycles. The van der Waals surface area contributed by atoms with Crippen LogP contribution in [0, 0.1) is 13.8 Å². The molecule has 22 heavy (non-hydrogen) atoms. The van der Waals surface area contributed by atoms with Crippen LogP contribution in [-0.2, 0) is 0 Å². The number of halogens is 1. The first-order chi connectivity index (χ1) is 10.1. The van der Waals surface area contributed by atoms with Gasteiger partial charge < -0.3 is 24.0 Å². The summed E-state index contributed by atoms with van der Waals surface area (Å²) in [6, 6.07) is 18.1. The molecule has 0 fully saturated rings. The van der Waals surface area contributed by atoms with Gasteiger partial charge in [0, 0.05) is 5.56 Å². The monoisotopic (exact) mass is 406 g/mol. The predicted molar refractivity (Wildman–Crippen MR) is 87.8 cm³/mol. The molecule has 3 rings (SSSR count). The number of rotatable bonds is 2. The van der Waals surface area contributed by atoms with Crippen LogP contribution in [0.2, 0.25) is 0 Å². The number of hydrazine groups is 1. The second-order valence-electron chi connectivity index (χ2n) is 6.05. The van der Waals surface area contributed by atoms with Crippen LogP contribution in [-0.4, -0.2) is 29.5 Å². The summed E-state index contributed by atoms with van der Waals surface area (Å²) in [7, 11) is 4.34. The van der Waals surface area contributed by atoms with Crippen molar-refractivity contribution in [3.8, 4) is 0 Å². The van der Waals surface area contributed by atoms with Gasteiger partial charge in [-0.25, -0.2) is 0 Å². The Morgan fingerprint density at radius 3 is 2.27 bits per heavy atom. The molecule has 1 atom stereocenters. The van der Waals surface area contributed by atoms with Crippen LogP contribution in [0.4, 0.5) is 0 Å². The Morgan fingerprint density at radius 2 is 1.64 bits per heavy atom. The number of hydrogen-bond acceptors (Lipinski definition) is 1. The zero-order chi connectivity index (χ0) is 15.0. The SMILES string of the molecule is Cc1cccc(C2=[N+](C)N(C)C(c3cccc(C)c3)C2)c1.[I-]. The van der Waals surface area contributed by atoms with E-state index in [1.165, 1.54) is 28.0 Å². The van der Waals surface area contributed by atoms with Gasteiger partial charge in [0.05, 0.1) is 13.5 Å². The zero-order valence-corrected chi connectivity index (χ0v) is 15.8. The van der Waals surface area contributed by atoms with E-state index >= 15 is 0 Å². The summed E-state index contributed by atoms with van der Waals surface area (Å²) in [5.41, 5.74) is 6.77. The van der Waals surface area contributed by atoms with Crippen molar-refractivity contribution in [3.63, 3.8) is 0 Å². The number of hydrazone groups is 1. The van der Waals surface area contributed by atoms with Crippen molar-refractivity contribution in [2.75, 3.05) is 14.1 Å². The number of aryl methyl sites for hydroxylation is 2. The van der Waals surface area contributed by atoms with Gasteiger partial charge in [-0.05, 0) is 31.5 Å². The average molecular weight is 406 g/mol. The van der Waals surface area contributed by atoms with Crippen molar-refractivity contribution in [3.05, 3.63) is 70.8 Å². The summed E-state index contributed by atoms with van der Waals surface area (Å²) in [4.78, 5) is 0. The number of benzene rings is 2. The van der Waals surface area contributed by atoms with E-state index in [0.717, 1.165) is 6.42 Å². The number of hydrogen-bond donors (Lipinski definition) is 0. The van der Waals surface area contributed by atoms with Gasteiger partial charge in [-0.2, -0.15) is 5.01 Å². The normalized spacial score (nSPS) is 17.6. The van der Waals surface area contributed by atoms with E-state index in [1.807, 2.05) is 0 Å². The molecule has 0 amide bonds. The van der Waals surface area contributed by atoms with Crippen molar-refractivity contribution in [1.82, 2.24) is 5.01 Å². The lowest BCUT2D eigenvalue weighted by Crippen LogP contribution is -3.00. The smallest absolute Gasteiger partial charge is 0.215 e. The summed E-state index contributed by atoms with van der Waals surface area (Å²) >= 11 is 0. The maximum Gasteiger partial charge on any atom is 0.215 e. The minimum atomic E-state index is 0. The molecule has 2 aromatic rings. The topological polar surface area (TPSA) is 6.25 Å². The molecule has 3 heteroatoms. The highest BCUT2D eigenvalue weighted by Gasteiger charge is 2.36. The van der Waals surface area contributed by atoms with Gasteiger partial charge in [-0.1, -0.05) is 47.5 Å². The third kappa shape index (κ3) is 3.19. The second-order valence-corrected chi connectivity index (χ2v) is 6.05. The molecule has 0 aromatic heterocycles. The van der Waals surface area contributed by atoms with Crippen molar-refractivity contribution in [2.24, 2.45) is 0 Å². The fourth-order valence-electron chi connectivity index (χ4n) is 3.19. The highest BCUT2D eigenvalue weighted by Crippen LogP contribution is 2.30. The summed E-state index contributed by atoms with van der Waals surface area (Å²) < 4.78 is 2.29. The lowest BCUT2D eigenvalue weighted by atomic mass is 9.97. The minimum Gasteiger partial charge on any atom is -1.00 e. The average Bonchev–Trinajstić information content (AvgIpc) is 2.75. The minimum absolute atomic E-state index is 0. The molecule has 0 saturated carbocycles. The van der Waals surface area contributed by atoms with Gasteiger partial charge in [-0.3, -0.25) is 0 Å². The fraction of sp³-hybridized carbons (Fsp3) is 0.316. The van der Waals surface area contributed by atoms with E-state index in [4.69, 9.17) is 0 Å². The van der Waals surface area contributed by atoms with Gasteiger partial charge in [-0.15, -0.1) is 4.68 Å².